The van der Waals surface area contributed by atoms with Crippen molar-refractivity contribution in [2.75, 3.05) is 0 Å². The molecule has 0 N–H and O–H groups in total. The first-order chi connectivity index (χ1) is 11.4. The SMILES string of the molecule is C1CCC2CCC[C@@H]3[C@H](CC1)C[C@@H]1CCCCC(CC[C@H]3C1)C2. The molecule has 2 unspecified atom stereocenters. The fraction of sp³-hybridized carbons (Fsp3) is 1.00. The standard InChI is InChI=1S/C23H40/c1-2-7-18-10-6-12-23-21(11-3-1)16-20-9-5-4-8-19(15-18)13-14-22(23)17-20/h18-23H,1-17H2/t18?,19?,20-,21+,22-,23+/m0/s1. The maximum absolute atomic E-state index is 1.62. The molecule has 0 spiro atoms. The Morgan fingerprint density at radius 3 is 1.83 bits per heavy atom. The van der Waals surface area contributed by atoms with Crippen molar-refractivity contribution >= 4 is 0 Å². The van der Waals surface area contributed by atoms with Crippen LogP contribution in [0.5, 0.6) is 0 Å². The smallest absolute Gasteiger partial charge is 0.0357 e. The van der Waals surface area contributed by atoms with Gasteiger partial charge in [0.2, 0.25) is 0 Å². The quantitative estimate of drug-likeness (QED) is 0.437. The van der Waals surface area contributed by atoms with Crippen LogP contribution >= 0.6 is 0 Å². The van der Waals surface area contributed by atoms with Crippen LogP contribution in [0, 0.1) is 35.5 Å². The van der Waals surface area contributed by atoms with Crippen LogP contribution in [0.4, 0.5) is 0 Å². The summed E-state index contributed by atoms with van der Waals surface area (Å²) >= 11 is 0. The molecule has 4 rings (SSSR count). The molecular formula is C23H40. The Kier molecular flexibility index (Phi) is 5.67. The summed E-state index contributed by atoms with van der Waals surface area (Å²) in [6.07, 6.45) is 26.8. The molecule has 4 aliphatic rings. The Hall–Kier alpha value is 0. The molecule has 0 aromatic heterocycles. The van der Waals surface area contributed by atoms with E-state index in [2.05, 4.69) is 0 Å². The lowest BCUT2D eigenvalue weighted by molar-refractivity contribution is 0.0627. The third-order valence-corrected chi connectivity index (χ3v) is 8.41. The highest BCUT2D eigenvalue weighted by atomic mass is 14.4. The van der Waals surface area contributed by atoms with Crippen molar-refractivity contribution in [2.24, 2.45) is 35.5 Å². The first-order valence-corrected chi connectivity index (χ1v) is 11.4. The second-order valence-corrected chi connectivity index (χ2v) is 9.92. The van der Waals surface area contributed by atoms with Crippen LogP contribution < -0.4 is 0 Å². The molecule has 0 amide bonds. The molecule has 0 aromatic carbocycles. The molecule has 0 nitrogen and oxygen atoms in total. The van der Waals surface area contributed by atoms with Gasteiger partial charge in [-0.15, -0.1) is 0 Å². The second-order valence-electron chi connectivity index (χ2n) is 9.92. The van der Waals surface area contributed by atoms with Crippen molar-refractivity contribution in [2.45, 2.75) is 109 Å². The van der Waals surface area contributed by atoms with Crippen LogP contribution in [0.1, 0.15) is 109 Å². The number of fused-ring (bicyclic) bond motifs is 6. The van der Waals surface area contributed by atoms with E-state index in [1.54, 1.807) is 109 Å². The summed E-state index contributed by atoms with van der Waals surface area (Å²) in [5.41, 5.74) is 0. The minimum atomic E-state index is 1.09. The molecular weight excluding hydrogens is 276 g/mol. The normalized spacial score (nSPS) is 45.9. The molecule has 0 aliphatic heterocycles. The van der Waals surface area contributed by atoms with E-state index < -0.39 is 0 Å². The summed E-state index contributed by atoms with van der Waals surface area (Å²) < 4.78 is 0. The van der Waals surface area contributed by atoms with Crippen LogP contribution in [0.25, 0.3) is 0 Å². The largest absolute Gasteiger partial charge is 0.0533 e. The molecule has 0 heterocycles. The van der Waals surface area contributed by atoms with Gasteiger partial charge in [0.15, 0.2) is 0 Å². The second kappa shape index (κ2) is 7.92. The summed E-state index contributed by atoms with van der Waals surface area (Å²) in [5, 5.41) is 0. The number of rotatable bonds is 0. The van der Waals surface area contributed by atoms with Crippen LogP contribution in [0.3, 0.4) is 0 Å². The summed E-state index contributed by atoms with van der Waals surface area (Å²) in [7, 11) is 0. The highest BCUT2D eigenvalue weighted by Crippen LogP contribution is 2.49. The maximum atomic E-state index is 1.62. The molecule has 4 saturated carbocycles. The molecule has 0 radical (unpaired) electrons. The van der Waals surface area contributed by atoms with E-state index in [0.29, 0.717) is 0 Å². The average molecular weight is 317 g/mol. The number of hydrogen-bond donors (Lipinski definition) is 0. The summed E-state index contributed by atoms with van der Waals surface area (Å²) in [6.45, 7) is 0. The highest BCUT2D eigenvalue weighted by Gasteiger charge is 2.38. The molecule has 23 heavy (non-hydrogen) atoms. The van der Waals surface area contributed by atoms with Crippen molar-refractivity contribution < 1.29 is 0 Å². The minimum absolute atomic E-state index is 1.09. The zero-order valence-electron chi connectivity index (χ0n) is 15.5. The van der Waals surface area contributed by atoms with Gasteiger partial charge in [0.25, 0.3) is 0 Å². The van der Waals surface area contributed by atoms with Crippen molar-refractivity contribution in [3.05, 3.63) is 0 Å². The monoisotopic (exact) mass is 316 g/mol. The van der Waals surface area contributed by atoms with Crippen molar-refractivity contribution in [3.8, 4) is 0 Å². The van der Waals surface area contributed by atoms with Crippen LogP contribution in [-0.2, 0) is 0 Å². The molecule has 4 aliphatic carbocycles. The lowest BCUT2D eigenvalue weighted by atomic mass is 9.61. The van der Waals surface area contributed by atoms with Gasteiger partial charge in [-0.2, -0.15) is 0 Å². The van der Waals surface area contributed by atoms with Gasteiger partial charge >= 0.3 is 0 Å². The Labute approximate surface area is 145 Å². The zero-order valence-corrected chi connectivity index (χ0v) is 15.5. The first-order valence-electron chi connectivity index (χ1n) is 11.4. The van der Waals surface area contributed by atoms with Crippen LogP contribution in [0.2, 0.25) is 0 Å². The molecule has 0 heteroatoms. The first kappa shape index (κ1) is 16.5. The van der Waals surface area contributed by atoms with Crippen LogP contribution in [0.15, 0.2) is 0 Å². The zero-order chi connectivity index (χ0) is 15.5. The summed E-state index contributed by atoms with van der Waals surface area (Å²) in [6, 6.07) is 0. The van der Waals surface area contributed by atoms with Gasteiger partial charge in [0.1, 0.15) is 0 Å². The van der Waals surface area contributed by atoms with Gasteiger partial charge in [-0.1, -0.05) is 77.0 Å². The molecule has 0 aromatic rings. The Morgan fingerprint density at radius 1 is 0.348 bits per heavy atom. The summed E-state index contributed by atoms with van der Waals surface area (Å²) in [4.78, 5) is 0. The Morgan fingerprint density at radius 2 is 0.957 bits per heavy atom. The van der Waals surface area contributed by atoms with Gasteiger partial charge in [0, 0.05) is 0 Å². The Bertz CT molecular complexity index is 359. The van der Waals surface area contributed by atoms with Crippen molar-refractivity contribution in [3.63, 3.8) is 0 Å². The lowest BCUT2D eigenvalue weighted by Crippen LogP contribution is -2.34. The van der Waals surface area contributed by atoms with Gasteiger partial charge in [-0.25, -0.2) is 0 Å². The highest BCUT2D eigenvalue weighted by molar-refractivity contribution is 4.89. The number of hydrogen-bond acceptors (Lipinski definition) is 0. The van der Waals surface area contributed by atoms with Gasteiger partial charge in [-0.05, 0) is 67.6 Å². The van der Waals surface area contributed by atoms with Crippen LogP contribution in [-0.4, -0.2) is 0 Å². The van der Waals surface area contributed by atoms with E-state index >= 15 is 0 Å². The third-order valence-electron chi connectivity index (χ3n) is 8.41. The van der Waals surface area contributed by atoms with Crippen molar-refractivity contribution in [1.29, 1.82) is 0 Å². The van der Waals surface area contributed by atoms with E-state index in [4.69, 9.17) is 0 Å². The maximum Gasteiger partial charge on any atom is -0.0357 e. The minimum Gasteiger partial charge on any atom is -0.0533 e. The lowest BCUT2D eigenvalue weighted by Gasteiger charge is -2.44. The van der Waals surface area contributed by atoms with Gasteiger partial charge in [-0.3, -0.25) is 0 Å². The van der Waals surface area contributed by atoms with E-state index in [9.17, 15) is 0 Å². The topological polar surface area (TPSA) is 0 Å². The van der Waals surface area contributed by atoms with E-state index in [0.717, 1.165) is 35.5 Å². The Balaban J connectivity index is 1.61. The average Bonchev–Trinajstić information content (AvgIpc) is 2.60. The molecule has 4 fully saturated rings. The van der Waals surface area contributed by atoms with E-state index in [1.807, 2.05) is 0 Å². The fourth-order valence-corrected chi connectivity index (χ4v) is 7.26. The molecule has 132 valence electrons. The third kappa shape index (κ3) is 4.16. The molecule has 0 saturated heterocycles. The molecule has 5 bridgehead atoms. The van der Waals surface area contributed by atoms with Crippen molar-refractivity contribution in [1.82, 2.24) is 0 Å². The van der Waals surface area contributed by atoms with E-state index in [-0.39, 0.29) is 0 Å². The summed E-state index contributed by atoms with van der Waals surface area (Å²) in [5.74, 6) is 6.66. The predicted octanol–water partition coefficient (Wildman–Crippen LogP) is 7.37. The molecule has 6 atom stereocenters. The van der Waals surface area contributed by atoms with Gasteiger partial charge in [0.05, 0.1) is 0 Å². The fourth-order valence-electron chi connectivity index (χ4n) is 7.26. The van der Waals surface area contributed by atoms with E-state index in [1.165, 1.54) is 0 Å². The predicted molar refractivity (Wildman–Crippen MR) is 99.4 cm³/mol. The van der Waals surface area contributed by atoms with Gasteiger partial charge < -0.3 is 0 Å².